The van der Waals surface area contributed by atoms with Crippen LogP contribution in [0.2, 0.25) is 0 Å². The van der Waals surface area contributed by atoms with Crippen molar-refractivity contribution in [1.29, 1.82) is 0 Å². The minimum absolute atomic E-state index is 0.140. The number of thioether (sulfide) groups is 1. The van der Waals surface area contributed by atoms with Crippen LogP contribution in [0.15, 0.2) is 52.9 Å². The lowest BCUT2D eigenvalue weighted by atomic mass is 10.1. The quantitative estimate of drug-likeness (QED) is 0.366. The molecule has 0 radical (unpaired) electrons. The lowest BCUT2D eigenvalue weighted by molar-refractivity contribution is 0.101. The highest BCUT2D eigenvalue weighted by Gasteiger charge is 2.13. The number of methoxy groups -OCH3 is 1. The van der Waals surface area contributed by atoms with Crippen molar-refractivity contribution < 1.29 is 18.7 Å². The molecule has 3 rings (SSSR count). The molecule has 9 heteroatoms. The Bertz CT molecular complexity index is 943. The topological polar surface area (TPSA) is 81.2 Å². The zero-order valence-corrected chi connectivity index (χ0v) is 15.8. The zero-order valence-electron chi connectivity index (χ0n) is 14.1. The molecule has 0 bridgehead atoms. The van der Waals surface area contributed by atoms with Crippen LogP contribution < -0.4 is 10.1 Å². The number of halogens is 1. The van der Waals surface area contributed by atoms with E-state index in [-0.39, 0.29) is 23.3 Å². The largest absolute Gasteiger partial charge is 0.497 e. The number of aromatic nitrogens is 2. The number of ketones is 1. The highest BCUT2D eigenvalue weighted by atomic mass is 32.2. The van der Waals surface area contributed by atoms with Gasteiger partial charge in [0.25, 0.3) is 5.91 Å². The predicted octanol–water partition coefficient (Wildman–Crippen LogP) is 3.91. The first-order chi connectivity index (χ1) is 13.0. The Hall–Kier alpha value is -2.78. The average molecular weight is 403 g/mol. The number of rotatable bonds is 7. The fourth-order valence-electron chi connectivity index (χ4n) is 2.08. The zero-order chi connectivity index (χ0) is 19.2. The molecule has 0 aliphatic heterocycles. The van der Waals surface area contributed by atoms with Crippen molar-refractivity contribution in [2.24, 2.45) is 0 Å². The van der Waals surface area contributed by atoms with Gasteiger partial charge in [-0.2, -0.15) is 0 Å². The number of nitrogens with one attached hydrogen (secondary N) is 1. The van der Waals surface area contributed by atoms with E-state index in [1.165, 1.54) is 47.4 Å². The molecule has 0 aliphatic carbocycles. The van der Waals surface area contributed by atoms with Crippen LogP contribution in [-0.2, 0) is 0 Å². The molecule has 0 spiro atoms. The Morgan fingerprint density at radius 2 is 1.74 bits per heavy atom. The smallest absolute Gasteiger partial charge is 0.257 e. The van der Waals surface area contributed by atoms with E-state index in [0.717, 1.165) is 0 Å². The molecule has 3 aromatic rings. The molecule has 27 heavy (non-hydrogen) atoms. The van der Waals surface area contributed by atoms with E-state index < -0.39 is 0 Å². The third-order valence-electron chi connectivity index (χ3n) is 3.47. The van der Waals surface area contributed by atoms with E-state index in [1.54, 1.807) is 31.4 Å². The fraction of sp³-hybridized carbons (Fsp3) is 0.111. The van der Waals surface area contributed by atoms with Crippen molar-refractivity contribution in [1.82, 2.24) is 10.2 Å². The number of benzene rings is 2. The third-order valence-corrected chi connectivity index (χ3v) is 5.44. The molecule has 6 nitrogen and oxygen atoms in total. The number of Topliss-reactive ketones (excluding diaryl/α,β-unsaturated/α-hetero) is 1. The van der Waals surface area contributed by atoms with Gasteiger partial charge in [-0.15, -0.1) is 10.2 Å². The molecule has 1 aromatic heterocycles. The number of carbonyl (C=O) groups is 2. The summed E-state index contributed by atoms with van der Waals surface area (Å²) in [7, 11) is 1.55. The van der Waals surface area contributed by atoms with Gasteiger partial charge in [-0.25, -0.2) is 4.39 Å². The molecule has 0 atom stereocenters. The molecule has 1 amide bonds. The molecule has 0 unspecified atom stereocenters. The van der Waals surface area contributed by atoms with Crippen molar-refractivity contribution >= 4 is 39.9 Å². The predicted molar refractivity (Wildman–Crippen MR) is 102 cm³/mol. The van der Waals surface area contributed by atoms with Gasteiger partial charge < -0.3 is 4.74 Å². The Morgan fingerprint density at radius 1 is 1.07 bits per heavy atom. The minimum atomic E-state index is -0.388. The normalized spacial score (nSPS) is 10.4. The highest BCUT2D eigenvalue weighted by molar-refractivity contribution is 8.01. The molecule has 0 saturated heterocycles. The summed E-state index contributed by atoms with van der Waals surface area (Å²) in [5, 5.41) is 10.9. The maximum Gasteiger partial charge on any atom is 0.257 e. The van der Waals surface area contributed by atoms with Gasteiger partial charge in [0.1, 0.15) is 11.6 Å². The molecule has 1 N–H and O–H groups in total. The first-order valence-corrected chi connectivity index (χ1v) is 9.56. The van der Waals surface area contributed by atoms with Gasteiger partial charge in [-0.05, 0) is 48.5 Å². The summed E-state index contributed by atoms with van der Waals surface area (Å²) in [6, 6.07) is 12.1. The Balaban J connectivity index is 1.55. The van der Waals surface area contributed by atoms with Crippen LogP contribution in [0.3, 0.4) is 0 Å². The van der Waals surface area contributed by atoms with E-state index in [2.05, 4.69) is 15.5 Å². The SMILES string of the molecule is COc1ccc(C(=O)Nc2nnc(SCC(=O)c3ccc(F)cc3)s2)cc1. The van der Waals surface area contributed by atoms with E-state index in [9.17, 15) is 14.0 Å². The van der Waals surface area contributed by atoms with E-state index in [4.69, 9.17) is 4.74 Å². The minimum Gasteiger partial charge on any atom is -0.497 e. The summed E-state index contributed by atoms with van der Waals surface area (Å²) < 4.78 is 18.5. The van der Waals surface area contributed by atoms with Crippen molar-refractivity contribution in [3.8, 4) is 5.75 Å². The van der Waals surface area contributed by atoms with Crippen LogP contribution in [0.4, 0.5) is 9.52 Å². The maximum atomic E-state index is 12.9. The van der Waals surface area contributed by atoms with E-state index in [0.29, 0.717) is 26.3 Å². The number of hydrogen-bond donors (Lipinski definition) is 1. The molecular weight excluding hydrogens is 389 g/mol. The Kier molecular flexibility index (Phi) is 6.15. The number of hydrogen-bond acceptors (Lipinski definition) is 7. The van der Waals surface area contributed by atoms with Crippen molar-refractivity contribution in [2.45, 2.75) is 4.34 Å². The second-order valence-corrected chi connectivity index (χ2v) is 7.47. The Labute approximate surface area is 162 Å². The summed E-state index contributed by atoms with van der Waals surface area (Å²) in [5.74, 6) is -0.0357. The summed E-state index contributed by atoms with van der Waals surface area (Å²) in [5.41, 5.74) is 0.896. The van der Waals surface area contributed by atoms with Crippen LogP contribution in [0, 0.1) is 5.82 Å². The highest BCUT2D eigenvalue weighted by Crippen LogP contribution is 2.26. The third kappa shape index (κ3) is 5.11. The van der Waals surface area contributed by atoms with Gasteiger partial charge >= 0.3 is 0 Å². The molecule has 1 heterocycles. The van der Waals surface area contributed by atoms with Gasteiger partial charge in [-0.3, -0.25) is 14.9 Å². The lowest BCUT2D eigenvalue weighted by Crippen LogP contribution is -2.11. The number of ether oxygens (including phenoxy) is 1. The summed E-state index contributed by atoms with van der Waals surface area (Å²) in [4.78, 5) is 24.3. The molecule has 0 saturated carbocycles. The monoisotopic (exact) mass is 403 g/mol. The van der Waals surface area contributed by atoms with Gasteiger partial charge in [-0.1, -0.05) is 23.1 Å². The van der Waals surface area contributed by atoms with Crippen LogP contribution in [0.25, 0.3) is 0 Å². The van der Waals surface area contributed by atoms with E-state index >= 15 is 0 Å². The van der Waals surface area contributed by atoms with Crippen LogP contribution in [-0.4, -0.2) is 34.8 Å². The molecule has 138 valence electrons. The van der Waals surface area contributed by atoms with Gasteiger partial charge in [0.2, 0.25) is 5.13 Å². The molecule has 0 fully saturated rings. The van der Waals surface area contributed by atoms with Crippen LogP contribution >= 0.6 is 23.1 Å². The van der Waals surface area contributed by atoms with Crippen LogP contribution in [0.5, 0.6) is 5.75 Å². The van der Waals surface area contributed by atoms with Gasteiger partial charge in [0.15, 0.2) is 10.1 Å². The number of anilines is 1. The number of carbonyl (C=O) groups excluding carboxylic acids is 2. The van der Waals surface area contributed by atoms with Crippen molar-refractivity contribution in [2.75, 3.05) is 18.2 Å². The lowest BCUT2D eigenvalue weighted by Gasteiger charge is -2.02. The second-order valence-electron chi connectivity index (χ2n) is 5.27. The fourth-order valence-corrected chi connectivity index (χ4v) is 3.72. The van der Waals surface area contributed by atoms with E-state index in [1.807, 2.05) is 0 Å². The standard InChI is InChI=1S/C18H14FN3O3S2/c1-25-14-8-4-12(5-9-14)16(24)20-17-21-22-18(27-17)26-10-15(23)11-2-6-13(19)7-3-11/h2-9H,10H2,1H3,(H,20,21,24). The molecule has 0 aliphatic rings. The molecule has 2 aromatic carbocycles. The van der Waals surface area contributed by atoms with Gasteiger partial charge in [0, 0.05) is 11.1 Å². The first kappa shape index (κ1) is 19.0. The summed E-state index contributed by atoms with van der Waals surface area (Å²) in [6.07, 6.45) is 0. The number of amides is 1. The summed E-state index contributed by atoms with van der Waals surface area (Å²) >= 11 is 2.39. The average Bonchev–Trinajstić information content (AvgIpc) is 3.14. The number of nitrogens with zero attached hydrogens (tertiary/aromatic N) is 2. The molecular formula is C18H14FN3O3S2. The van der Waals surface area contributed by atoms with Gasteiger partial charge in [0.05, 0.1) is 12.9 Å². The van der Waals surface area contributed by atoms with Crippen LogP contribution in [0.1, 0.15) is 20.7 Å². The first-order valence-electron chi connectivity index (χ1n) is 7.75. The maximum absolute atomic E-state index is 12.9. The van der Waals surface area contributed by atoms with Crippen molar-refractivity contribution in [3.05, 3.63) is 65.5 Å². The second kappa shape index (κ2) is 8.74. The van der Waals surface area contributed by atoms with Crippen molar-refractivity contribution in [3.63, 3.8) is 0 Å². The Morgan fingerprint density at radius 3 is 2.41 bits per heavy atom. The summed E-state index contributed by atoms with van der Waals surface area (Å²) in [6.45, 7) is 0.